The number of sulfonamides is 2. The van der Waals surface area contributed by atoms with Gasteiger partial charge in [0.2, 0.25) is 10.0 Å². The monoisotopic (exact) mass is 396 g/mol. The Morgan fingerprint density at radius 2 is 1.31 bits per heavy atom. The minimum Gasteiger partial charge on any atom is -0.280 e. The van der Waals surface area contributed by atoms with Crippen LogP contribution >= 0.6 is 0 Å². The highest BCUT2D eigenvalue weighted by Crippen LogP contribution is 2.19. The Morgan fingerprint density at radius 1 is 0.769 bits per heavy atom. The van der Waals surface area contributed by atoms with Crippen molar-refractivity contribution in [3.63, 3.8) is 0 Å². The van der Waals surface area contributed by atoms with Crippen molar-refractivity contribution < 1.29 is 16.8 Å². The number of unbranched alkanes of at least 4 members (excludes halogenated alkanes) is 2. The molecule has 0 bridgehead atoms. The zero-order valence-electron chi connectivity index (χ0n) is 14.9. The molecule has 2 rings (SSSR count). The molecule has 26 heavy (non-hydrogen) atoms. The van der Waals surface area contributed by atoms with Gasteiger partial charge < -0.3 is 0 Å². The molecular weight excluding hydrogens is 372 g/mol. The highest BCUT2D eigenvalue weighted by Gasteiger charge is 2.17. The van der Waals surface area contributed by atoms with E-state index >= 15 is 0 Å². The zero-order valence-corrected chi connectivity index (χ0v) is 16.5. The molecule has 2 N–H and O–H groups in total. The number of rotatable bonds is 9. The first kappa shape index (κ1) is 20.4. The molecule has 0 unspecified atom stereocenters. The summed E-state index contributed by atoms with van der Waals surface area (Å²) < 4.78 is 53.0. The van der Waals surface area contributed by atoms with Crippen LogP contribution in [0.1, 0.15) is 31.7 Å². The van der Waals surface area contributed by atoms with Crippen LogP contribution in [0.25, 0.3) is 0 Å². The van der Waals surface area contributed by atoms with Crippen molar-refractivity contribution >= 4 is 25.7 Å². The van der Waals surface area contributed by atoms with Crippen LogP contribution in [0.3, 0.4) is 0 Å². The molecule has 0 spiro atoms. The van der Waals surface area contributed by atoms with E-state index in [0.717, 1.165) is 19.3 Å². The lowest BCUT2D eigenvalue weighted by atomic mass is 10.1. The normalized spacial score (nSPS) is 12.1. The number of anilines is 1. The number of aryl methyl sites for hydroxylation is 1. The number of hydrogen-bond donors (Lipinski definition) is 2. The van der Waals surface area contributed by atoms with Crippen molar-refractivity contribution in [3.05, 3.63) is 54.1 Å². The van der Waals surface area contributed by atoms with E-state index in [1.165, 1.54) is 43.3 Å². The molecule has 0 saturated carbocycles. The molecule has 0 aliphatic heterocycles. The van der Waals surface area contributed by atoms with Gasteiger partial charge in [0.15, 0.2) is 0 Å². The number of hydrogen-bond acceptors (Lipinski definition) is 4. The number of nitrogens with one attached hydrogen (secondary N) is 2. The molecule has 0 saturated heterocycles. The minimum atomic E-state index is -3.78. The Balaban J connectivity index is 2.11. The van der Waals surface area contributed by atoms with Crippen LogP contribution in [0, 0.1) is 0 Å². The maximum atomic E-state index is 12.5. The van der Waals surface area contributed by atoms with Crippen LogP contribution in [-0.2, 0) is 26.5 Å². The van der Waals surface area contributed by atoms with Gasteiger partial charge in [-0.25, -0.2) is 21.6 Å². The molecule has 0 aliphatic rings. The Morgan fingerprint density at radius 3 is 1.81 bits per heavy atom. The summed E-state index contributed by atoms with van der Waals surface area (Å²) in [5.74, 6) is 0. The Hall–Kier alpha value is -1.90. The fourth-order valence-corrected chi connectivity index (χ4v) is 4.24. The minimum absolute atomic E-state index is 0.000393. The van der Waals surface area contributed by atoms with E-state index in [-0.39, 0.29) is 9.79 Å². The summed E-state index contributed by atoms with van der Waals surface area (Å²) >= 11 is 0. The Bertz CT molecular complexity index is 920. The average Bonchev–Trinajstić information content (AvgIpc) is 2.63. The van der Waals surface area contributed by atoms with E-state index in [2.05, 4.69) is 16.4 Å². The standard InChI is InChI=1S/C18H24N2O4S2/c1-3-4-5-6-15-7-9-16(10-8-15)20-26(23,24)18-13-11-17(12-14-18)25(21,22)19-2/h7-14,19-20H,3-6H2,1-2H3. The first-order chi connectivity index (χ1) is 12.3. The molecule has 6 nitrogen and oxygen atoms in total. The van der Waals surface area contributed by atoms with Crippen molar-refractivity contribution in [1.29, 1.82) is 0 Å². The number of benzene rings is 2. The van der Waals surface area contributed by atoms with Gasteiger partial charge in [0, 0.05) is 5.69 Å². The van der Waals surface area contributed by atoms with Crippen molar-refractivity contribution in [3.8, 4) is 0 Å². The molecule has 0 aliphatic carbocycles. The van der Waals surface area contributed by atoms with Crippen molar-refractivity contribution in [2.75, 3.05) is 11.8 Å². The van der Waals surface area contributed by atoms with Crippen LogP contribution in [0.2, 0.25) is 0 Å². The third kappa shape index (κ3) is 5.30. The average molecular weight is 397 g/mol. The highest BCUT2D eigenvalue weighted by atomic mass is 32.2. The van der Waals surface area contributed by atoms with Gasteiger partial charge in [-0.3, -0.25) is 4.72 Å². The SMILES string of the molecule is CCCCCc1ccc(NS(=O)(=O)c2ccc(S(=O)(=O)NC)cc2)cc1. The fraction of sp³-hybridized carbons (Fsp3) is 0.333. The molecule has 0 atom stereocenters. The fourth-order valence-electron chi connectivity index (χ4n) is 2.45. The zero-order chi connectivity index (χ0) is 19.2. The van der Waals surface area contributed by atoms with Gasteiger partial charge in [-0.1, -0.05) is 31.9 Å². The summed E-state index contributed by atoms with van der Waals surface area (Å²) in [5, 5.41) is 0. The molecule has 0 aromatic heterocycles. The second-order valence-electron chi connectivity index (χ2n) is 5.94. The van der Waals surface area contributed by atoms with E-state index in [9.17, 15) is 16.8 Å². The van der Waals surface area contributed by atoms with Crippen LogP contribution in [-0.4, -0.2) is 23.9 Å². The second-order valence-corrected chi connectivity index (χ2v) is 9.51. The summed E-state index contributed by atoms with van der Waals surface area (Å²) in [6.45, 7) is 2.15. The summed E-state index contributed by atoms with van der Waals surface area (Å²) in [5.41, 5.74) is 1.64. The Labute approximate surface area is 155 Å². The topological polar surface area (TPSA) is 92.3 Å². The van der Waals surface area contributed by atoms with E-state index in [0.29, 0.717) is 5.69 Å². The third-order valence-corrected chi connectivity index (χ3v) is 6.82. The summed E-state index contributed by atoms with van der Waals surface area (Å²) in [4.78, 5) is 0.00922. The largest absolute Gasteiger partial charge is 0.280 e. The quantitative estimate of drug-likeness (QED) is 0.637. The molecule has 8 heteroatoms. The molecule has 0 amide bonds. The first-order valence-electron chi connectivity index (χ1n) is 8.44. The summed E-state index contributed by atoms with van der Waals surface area (Å²) in [6.07, 6.45) is 4.42. The van der Waals surface area contributed by atoms with E-state index in [1.807, 2.05) is 12.1 Å². The van der Waals surface area contributed by atoms with Crippen molar-refractivity contribution in [2.24, 2.45) is 0 Å². The molecule has 0 heterocycles. The van der Waals surface area contributed by atoms with Gasteiger partial charge in [-0.2, -0.15) is 0 Å². The summed E-state index contributed by atoms with van der Waals surface area (Å²) in [6, 6.07) is 12.4. The highest BCUT2D eigenvalue weighted by molar-refractivity contribution is 7.92. The third-order valence-electron chi connectivity index (χ3n) is 3.99. The first-order valence-corrected chi connectivity index (χ1v) is 11.4. The van der Waals surface area contributed by atoms with Crippen LogP contribution in [0.15, 0.2) is 58.3 Å². The maximum Gasteiger partial charge on any atom is 0.261 e. The lowest BCUT2D eigenvalue weighted by Crippen LogP contribution is -2.19. The molecule has 0 fully saturated rings. The lowest BCUT2D eigenvalue weighted by Gasteiger charge is -2.10. The van der Waals surface area contributed by atoms with Crippen molar-refractivity contribution in [2.45, 2.75) is 42.4 Å². The van der Waals surface area contributed by atoms with Crippen molar-refractivity contribution in [1.82, 2.24) is 4.72 Å². The van der Waals surface area contributed by atoms with E-state index in [4.69, 9.17) is 0 Å². The van der Waals surface area contributed by atoms with Gasteiger partial charge in [0.1, 0.15) is 0 Å². The maximum absolute atomic E-state index is 12.5. The van der Waals surface area contributed by atoms with Gasteiger partial charge in [0.25, 0.3) is 10.0 Å². The predicted molar refractivity (Wildman–Crippen MR) is 103 cm³/mol. The molecular formula is C18H24N2O4S2. The molecule has 142 valence electrons. The molecule has 2 aromatic carbocycles. The van der Waals surface area contributed by atoms with Crippen LogP contribution < -0.4 is 9.44 Å². The van der Waals surface area contributed by atoms with E-state index in [1.54, 1.807) is 12.1 Å². The van der Waals surface area contributed by atoms with Gasteiger partial charge >= 0.3 is 0 Å². The van der Waals surface area contributed by atoms with Gasteiger partial charge in [-0.15, -0.1) is 0 Å². The molecule has 0 radical (unpaired) electrons. The van der Waals surface area contributed by atoms with Crippen LogP contribution in [0.4, 0.5) is 5.69 Å². The molecule has 2 aromatic rings. The second kappa shape index (κ2) is 8.66. The Kier molecular flexibility index (Phi) is 6.80. The van der Waals surface area contributed by atoms with Gasteiger partial charge in [-0.05, 0) is 61.9 Å². The summed E-state index contributed by atoms with van der Waals surface area (Å²) in [7, 11) is -6.08. The lowest BCUT2D eigenvalue weighted by molar-refractivity contribution is 0.587. The smallest absolute Gasteiger partial charge is 0.261 e. The van der Waals surface area contributed by atoms with E-state index < -0.39 is 20.0 Å². The predicted octanol–water partition coefficient (Wildman–Crippen LogP) is 3.13. The van der Waals surface area contributed by atoms with Gasteiger partial charge in [0.05, 0.1) is 9.79 Å². The van der Waals surface area contributed by atoms with Crippen LogP contribution in [0.5, 0.6) is 0 Å².